The number of hydrogen-bond acceptors (Lipinski definition) is 3. The van der Waals surface area contributed by atoms with Crippen molar-refractivity contribution in [3.63, 3.8) is 0 Å². The molecule has 0 saturated heterocycles. The predicted octanol–water partition coefficient (Wildman–Crippen LogP) is 4.72. The first-order chi connectivity index (χ1) is 11.0. The molecule has 114 valence electrons. The number of hydrogen-bond donors (Lipinski definition) is 1. The van der Waals surface area contributed by atoms with Crippen molar-refractivity contribution in [1.29, 1.82) is 0 Å². The number of benzene rings is 2. The summed E-state index contributed by atoms with van der Waals surface area (Å²) in [6.07, 6.45) is 0. The molecule has 4 rings (SSSR count). The van der Waals surface area contributed by atoms with Gasteiger partial charge in [-0.1, -0.05) is 22.0 Å². The summed E-state index contributed by atoms with van der Waals surface area (Å²) < 4.78 is 6.46. The summed E-state index contributed by atoms with van der Waals surface area (Å²) in [5, 5.41) is 0.864. The van der Waals surface area contributed by atoms with Gasteiger partial charge < -0.3 is 9.40 Å². The monoisotopic (exact) mass is 368 g/mol. The molecule has 23 heavy (non-hydrogen) atoms. The van der Waals surface area contributed by atoms with Crippen molar-refractivity contribution in [2.45, 2.75) is 13.8 Å². The molecule has 0 atom stereocenters. The zero-order chi connectivity index (χ0) is 16.1. The summed E-state index contributed by atoms with van der Waals surface area (Å²) in [7, 11) is 0. The van der Waals surface area contributed by atoms with Crippen LogP contribution in [-0.4, -0.2) is 9.97 Å². The molecule has 4 aromatic rings. The SMILES string of the molecule is Cc1ccc2nc(-c3cc4cc(Br)cc(C)c4oc3=O)[nH]c2c1. The standard InChI is InChI=1S/C18H13BrN2O2/c1-9-3-4-14-15(5-9)21-17(20-14)13-8-11-7-12(19)6-10(2)16(11)23-18(13)22/h3-8H,1-2H3,(H,20,21). The molecule has 2 heterocycles. The average molecular weight is 369 g/mol. The van der Waals surface area contributed by atoms with Crippen LogP contribution in [0.1, 0.15) is 11.1 Å². The smallest absolute Gasteiger partial charge is 0.347 e. The Morgan fingerprint density at radius 3 is 2.78 bits per heavy atom. The number of nitrogens with zero attached hydrogens (tertiary/aromatic N) is 1. The number of rotatable bonds is 1. The van der Waals surface area contributed by atoms with Crippen LogP contribution in [0.25, 0.3) is 33.4 Å². The van der Waals surface area contributed by atoms with E-state index >= 15 is 0 Å². The van der Waals surface area contributed by atoms with E-state index < -0.39 is 5.63 Å². The minimum Gasteiger partial charge on any atom is -0.422 e. The summed E-state index contributed by atoms with van der Waals surface area (Å²) in [5.41, 5.74) is 4.44. The lowest BCUT2D eigenvalue weighted by atomic mass is 10.1. The van der Waals surface area contributed by atoms with Crippen molar-refractivity contribution in [1.82, 2.24) is 9.97 Å². The Balaban J connectivity index is 1.99. The van der Waals surface area contributed by atoms with E-state index in [-0.39, 0.29) is 0 Å². The summed E-state index contributed by atoms with van der Waals surface area (Å²) in [6, 6.07) is 11.6. The molecule has 2 aromatic carbocycles. The van der Waals surface area contributed by atoms with Gasteiger partial charge in [0.1, 0.15) is 17.0 Å². The number of imidazole rings is 1. The number of aromatic amines is 1. The normalized spacial score (nSPS) is 11.4. The molecule has 4 nitrogen and oxygen atoms in total. The highest BCUT2D eigenvalue weighted by Gasteiger charge is 2.13. The highest BCUT2D eigenvalue weighted by Crippen LogP contribution is 2.26. The third-order valence-corrected chi connectivity index (χ3v) is 4.33. The number of halogens is 1. The molecule has 0 bridgehead atoms. The third-order valence-electron chi connectivity index (χ3n) is 3.88. The molecule has 0 unspecified atom stereocenters. The Morgan fingerprint density at radius 1 is 1.13 bits per heavy atom. The van der Waals surface area contributed by atoms with E-state index in [0.717, 1.165) is 32.0 Å². The molecule has 0 amide bonds. The maximum atomic E-state index is 12.4. The predicted molar refractivity (Wildman–Crippen MR) is 94.7 cm³/mol. The van der Waals surface area contributed by atoms with Crippen LogP contribution in [0.15, 0.2) is 50.1 Å². The fraction of sp³-hybridized carbons (Fsp3) is 0.111. The van der Waals surface area contributed by atoms with Crippen LogP contribution in [0.5, 0.6) is 0 Å². The Bertz CT molecular complexity index is 1130. The van der Waals surface area contributed by atoms with Crippen molar-refractivity contribution in [3.8, 4) is 11.4 Å². The van der Waals surface area contributed by atoms with Crippen molar-refractivity contribution in [2.75, 3.05) is 0 Å². The topological polar surface area (TPSA) is 58.9 Å². The van der Waals surface area contributed by atoms with E-state index in [9.17, 15) is 4.79 Å². The van der Waals surface area contributed by atoms with Gasteiger partial charge in [0, 0.05) is 9.86 Å². The molecule has 5 heteroatoms. The Labute approximate surface area is 140 Å². The lowest BCUT2D eigenvalue weighted by molar-refractivity contribution is 0.560. The minimum atomic E-state index is -0.390. The molecule has 2 aromatic heterocycles. The van der Waals surface area contributed by atoms with Crippen molar-refractivity contribution in [3.05, 3.63) is 62.4 Å². The second-order valence-corrected chi connectivity index (χ2v) is 6.61. The maximum Gasteiger partial charge on any atom is 0.347 e. The van der Waals surface area contributed by atoms with Gasteiger partial charge in [-0.05, 0) is 55.3 Å². The van der Waals surface area contributed by atoms with Crippen LogP contribution in [0, 0.1) is 13.8 Å². The van der Waals surface area contributed by atoms with E-state index in [2.05, 4.69) is 25.9 Å². The first-order valence-electron chi connectivity index (χ1n) is 7.22. The number of aromatic nitrogens is 2. The molecular weight excluding hydrogens is 356 g/mol. The van der Waals surface area contributed by atoms with E-state index in [1.165, 1.54) is 0 Å². The minimum absolute atomic E-state index is 0.390. The fourth-order valence-electron chi connectivity index (χ4n) is 2.78. The molecule has 0 aliphatic rings. The Hall–Kier alpha value is -2.40. The van der Waals surface area contributed by atoms with Crippen LogP contribution in [0.2, 0.25) is 0 Å². The lowest BCUT2D eigenvalue weighted by Gasteiger charge is -2.03. The zero-order valence-corrected chi connectivity index (χ0v) is 14.2. The highest BCUT2D eigenvalue weighted by atomic mass is 79.9. The van der Waals surface area contributed by atoms with Gasteiger partial charge in [-0.15, -0.1) is 0 Å². The number of nitrogens with one attached hydrogen (secondary N) is 1. The summed E-state index contributed by atoms with van der Waals surface area (Å²) >= 11 is 3.48. The number of H-pyrrole nitrogens is 1. The van der Waals surface area contributed by atoms with Crippen molar-refractivity contribution >= 4 is 37.9 Å². The highest BCUT2D eigenvalue weighted by molar-refractivity contribution is 9.10. The van der Waals surface area contributed by atoms with E-state index in [1.54, 1.807) is 0 Å². The van der Waals surface area contributed by atoms with Crippen molar-refractivity contribution < 1.29 is 4.42 Å². The van der Waals surface area contributed by atoms with Gasteiger partial charge in [0.05, 0.1) is 11.0 Å². The Morgan fingerprint density at radius 2 is 1.96 bits per heavy atom. The van der Waals surface area contributed by atoms with Gasteiger partial charge in [-0.25, -0.2) is 9.78 Å². The van der Waals surface area contributed by atoms with Crippen LogP contribution < -0.4 is 5.63 Å². The van der Waals surface area contributed by atoms with Gasteiger partial charge in [-0.3, -0.25) is 0 Å². The average Bonchev–Trinajstić information content (AvgIpc) is 2.90. The van der Waals surface area contributed by atoms with E-state index in [0.29, 0.717) is 17.0 Å². The fourth-order valence-corrected chi connectivity index (χ4v) is 3.37. The first kappa shape index (κ1) is 14.2. The number of aryl methyl sites for hydroxylation is 2. The van der Waals surface area contributed by atoms with E-state index in [4.69, 9.17) is 4.42 Å². The van der Waals surface area contributed by atoms with Crippen LogP contribution in [-0.2, 0) is 0 Å². The molecule has 0 radical (unpaired) electrons. The largest absolute Gasteiger partial charge is 0.422 e. The molecule has 0 aliphatic heterocycles. The quantitative estimate of drug-likeness (QED) is 0.494. The molecule has 0 fully saturated rings. The molecule has 0 aliphatic carbocycles. The van der Waals surface area contributed by atoms with Crippen LogP contribution >= 0.6 is 15.9 Å². The lowest BCUT2D eigenvalue weighted by Crippen LogP contribution is -2.04. The molecule has 0 saturated carbocycles. The van der Waals surface area contributed by atoms with Gasteiger partial charge >= 0.3 is 5.63 Å². The Kier molecular flexibility index (Phi) is 3.13. The van der Waals surface area contributed by atoms with Crippen molar-refractivity contribution in [2.24, 2.45) is 0 Å². The molecule has 1 N–H and O–H groups in total. The van der Waals surface area contributed by atoms with Gasteiger partial charge in [0.15, 0.2) is 0 Å². The maximum absolute atomic E-state index is 12.4. The molecule has 0 spiro atoms. The van der Waals surface area contributed by atoms with Gasteiger partial charge in [-0.2, -0.15) is 0 Å². The third kappa shape index (κ3) is 2.37. The van der Waals surface area contributed by atoms with Gasteiger partial charge in [0.2, 0.25) is 0 Å². The summed E-state index contributed by atoms with van der Waals surface area (Å²) in [5.74, 6) is 0.527. The second kappa shape index (κ2) is 5.06. The second-order valence-electron chi connectivity index (χ2n) is 5.69. The summed E-state index contributed by atoms with van der Waals surface area (Å²) in [6.45, 7) is 3.93. The summed E-state index contributed by atoms with van der Waals surface area (Å²) in [4.78, 5) is 20.1. The number of fused-ring (bicyclic) bond motifs is 2. The first-order valence-corrected chi connectivity index (χ1v) is 8.01. The van der Waals surface area contributed by atoms with E-state index in [1.807, 2.05) is 50.2 Å². The van der Waals surface area contributed by atoms with Crippen LogP contribution in [0.4, 0.5) is 0 Å². The molecular formula is C18H13BrN2O2. The van der Waals surface area contributed by atoms with Crippen LogP contribution in [0.3, 0.4) is 0 Å². The van der Waals surface area contributed by atoms with Gasteiger partial charge in [0.25, 0.3) is 0 Å². The zero-order valence-electron chi connectivity index (χ0n) is 12.6.